The van der Waals surface area contributed by atoms with Crippen LogP contribution >= 0.6 is 0 Å². The van der Waals surface area contributed by atoms with Gasteiger partial charge in [0.05, 0.1) is 5.56 Å². The number of rotatable bonds is 6. The molecule has 21 heavy (non-hydrogen) atoms. The number of hydrogen-bond donors (Lipinski definition) is 1. The van der Waals surface area contributed by atoms with E-state index in [2.05, 4.69) is 0 Å². The molecule has 2 rings (SSSR count). The molecule has 0 bridgehead atoms. The second-order valence-electron chi connectivity index (χ2n) is 5.62. The molecule has 0 aromatic heterocycles. The van der Waals surface area contributed by atoms with Gasteiger partial charge in [0.2, 0.25) is 0 Å². The van der Waals surface area contributed by atoms with Gasteiger partial charge in [-0.25, -0.2) is 9.59 Å². The average molecular weight is 290 g/mol. The Bertz CT molecular complexity index is 509. The monoisotopic (exact) mass is 290 g/mol. The third-order valence-electron chi connectivity index (χ3n) is 3.77. The van der Waals surface area contributed by atoms with E-state index in [1.165, 1.54) is 12.8 Å². The molecule has 0 unspecified atom stereocenters. The first-order valence-corrected chi connectivity index (χ1v) is 7.33. The topological polar surface area (TPSA) is 60.9 Å². The zero-order valence-corrected chi connectivity index (χ0v) is 12.6. The third-order valence-corrected chi connectivity index (χ3v) is 3.77. The molecule has 0 saturated heterocycles. The van der Waals surface area contributed by atoms with Crippen LogP contribution in [0.1, 0.15) is 35.7 Å². The van der Waals surface area contributed by atoms with Gasteiger partial charge in [-0.15, -0.1) is 0 Å². The van der Waals surface area contributed by atoms with E-state index in [0.29, 0.717) is 12.5 Å². The number of amides is 2. The minimum Gasteiger partial charge on any atom is -0.478 e. The number of urea groups is 1. The van der Waals surface area contributed by atoms with Crippen molar-refractivity contribution in [3.05, 3.63) is 35.4 Å². The summed E-state index contributed by atoms with van der Waals surface area (Å²) in [5.74, 6) is -0.260. The fraction of sp³-hybridized carbons (Fsp3) is 0.500. The molecule has 114 valence electrons. The van der Waals surface area contributed by atoms with Crippen LogP contribution in [0, 0.1) is 5.92 Å². The number of carbonyl (C=O) groups excluding carboxylic acids is 1. The number of carboxylic acids is 1. The van der Waals surface area contributed by atoms with Crippen LogP contribution in [-0.4, -0.2) is 47.0 Å². The smallest absolute Gasteiger partial charge is 0.335 e. The Balaban J connectivity index is 1.93. The van der Waals surface area contributed by atoms with Gasteiger partial charge in [-0.2, -0.15) is 0 Å². The summed E-state index contributed by atoms with van der Waals surface area (Å²) in [6, 6.07) is 6.68. The molecule has 1 aromatic carbocycles. The number of carbonyl (C=O) groups is 2. The molecule has 1 aromatic rings. The van der Waals surface area contributed by atoms with Crippen molar-refractivity contribution in [2.45, 2.75) is 26.3 Å². The number of carboxylic acid groups (broad SMARTS) is 1. The summed E-state index contributed by atoms with van der Waals surface area (Å²) in [7, 11) is 1.78. The van der Waals surface area contributed by atoms with Crippen LogP contribution in [0.25, 0.3) is 0 Å². The highest BCUT2D eigenvalue weighted by Crippen LogP contribution is 2.29. The van der Waals surface area contributed by atoms with Gasteiger partial charge in [0.15, 0.2) is 0 Å². The summed E-state index contributed by atoms with van der Waals surface area (Å²) in [6.45, 7) is 4.05. The Kier molecular flexibility index (Phi) is 4.83. The van der Waals surface area contributed by atoms with Gasteiger partial charge in [-0.1, -0.05) is 12.1 Å². The lowest BCUT2D eigenvalue weighted by Gasteiger charge is -2.27. The lowest BCUT2D eigenvalue weighted by molar-refractivity contribution is 0.0696. The molecule has 1 fully saturated rings. The van der Waals surface area contributed by atoms with E-state index in [1.807, 2.05) is 11.8 Å². The van der Waals surface area contributed by atoms with Crippen LogP contribution in [0.4, 0.5) is 4.79 Å². The number of benzene rings is 1. The van der Waals surface area contributed by atoms with E-state index >= 15 is 0 Å². The molecule has 1 aliphatic carbocycles. The standard InChI is InChI=1S/C16H22N2O3/c1-3-18(11-13-4-5-13)16(21)17(2)10-12-6-8-14(9-7-12)15(19)20/h6-9,13H,3-5,10-11H2,1-2H3,(H,19,20). The highest BCUT2D eigenvalue weighted by molar-refractivity contribution is 5.87. The van der Waals surface area contributed by atoms with Crippen molar-refractivity contribution in [2.75, 3.05) is 20.1 Å². The SMILES string of the molecule is CCN(CC1CC1)C(=O)N(C)Cc1ccc(C(=O)O)cc1. The lowest BCUT2D eigenvalue weighted by Crippen LogP contribution is -2.41. The van der Waals surface area contributed by atoms with E-state index in [0.717, 1.165) is 18.7 Å². The Morgan fingerprint density at radius 3 is 2.33 bits per heavy atom. The summed E-state index contributed by atoms with van der Waals surface area (Å²) in [5.41, 5.74) is 1.19. The van der Waals surface area contributed by atoms with E-state index in [9.17, 15) is 9.59 Å². The van der Waals surface area contributed by atoms with Gasteiger partial charge in [-0.05, 0) is 43.4 Å². The van der Waals surface area contributed by atoms with Gasteiger partial charge >= 0.3 is 12.0 Å². The zero-order valence-electron chi connectivity index (χ0n) is 12.6. The van der Waals surface area contributed by atoms with Gasteiger partial charge < -0.3 is 14.9 Å². The predicted octanol–water partition coefficient (Wildman–Crippen LogP) is 2.67. The molecule has 0 atom stereocenters. The fourth-order valence-corrected chi connectivity index (χ4v) is 2.29. The molecular weight excluding hydrogens is 268 g/mol. The number of nitrogens with zero attached hydrogens (tertiary/aromatic N) is 2. The zero-order chi connectivity index (χ0) is 15.4. The molecule has 2 amide bonds. The summed E-state index contributed by atoms with van der Waals surface area (Å²) >= 11 is 0. The fourth-order valence-electron chi connectivity index (χ4n) is 2.29. The first kappa shape index (κ1) is 15.4. The van der Waals surface area contributed by atoms with E-state index in [-0.39, 0.29) is 11.6 Å². The third kappa shape index (κ3) is 4.21. The van der Waals surface area contributed by atoms with Gasteiger partial charge in [0.25, 0.3) is 0 Å². The van der Waals surface area contributed by atoms with Crippen molar-refractivity contribution in [3.63, 3.8) is 0 Å². The predicted molar refractivity (Wildman–Crippen MR) is 80.2 cm³/mol. The lowest BCUT2D eigenvalue weighted by atomic mass is 10.1. The van der Waals surface area contributed by atoms with Crippen molar-refractivity contribution in [3.8, 4) is 0 Å². The van der Waals surface area contributed by atoms with Crippen LogP contribution in [0.15, 0.2) is 24.3 Å². The molecule has 1 saturated carbocycles. The first-order valence-electron chi connectivity index (χ1n) is 7.33. The summed E-state index contributed by atoms with van der Waals surface area (Å²) < 4.78 is 0. The highest BCUT2D eigenvalue weighted by Gasteiger charge is 2.27. The molecule has 1 N–H and O–H groups in total. The minimum absolute atomic E-state index is 0.0340. The molecule has 1 aliphatic rings. The summed E-state index contributed by atoms with van der Waals surface area (Å²) in [4.78, 5) is 26.7. The largest absolute Gasteiger partial charge is 0.478 e. The number of hydrogen-bond acceptors (Lipinski definition) is 2. The van der Waals surface area contributed by atoms with Gasteiger partial charge in [0.1, 0.15) is 0 Å². The Morgan fingerprint density at radius 2 is 1.86 bits per heavy atom. The second kappa shape index (κ2) is 6.61. The summed E-state index contributed by atoms with van der Waals surface area (Å²) in [6.07, 6.45) is 2.45. The van der Waals surface area contributed by atoms with Gasteiger partial charge in [0, 0.05) is 26.7 Å². The van der Waals surface area contributed by atoms with Crippen molar-refractivity contribution in [1.82, 2.24) is 9.80 Å². The number of aromatic carboxylic acids is 1. The Labute approximate surface area is 125 Å². The van der Waals surface area contributed by atoms with Crippen LogP contribution < -0.4 is 0 Å². The van der Waals surface area contributed by atoms with Crippen molar-refractivity contribution >= 4 is 12.0 Å². The molecule has 0 spiro atoms. The molecule has 0 heterocycles. The van der Waals surface area contributed by atoms with Crippen molar-refractivity contribution in [2.24, 2.45) is 5.92 Å². The normalized spacial score (nSPS) is 13.8. The molecule has 5 heteroatoms. The molecule has 5 nitrogen and oxygen atoms in total. The first-order chi connectivity index (χ1) is 10.0. The maximum atomic E-state index is 12.4. The Hall–Kier alpha value is -2.04. The van der Waals surface area contributed by atoms with Crippen LogP contribution in [0.3, 0.4) is 0 Å². The van der Waals surface area contributed by atoms with Crippen molar-refractivity contribution in [1.29, 1.82) is 0 Å². The maximum absolute atomic E-state index is 12.4. The minimum atomic E-state index is -0.937. The van der Waals surface area contributed by atoms with E-state index < -0.39 is 5.97 Å². The van der Waals surface area contributed by atoms with Crippen LogP contribution in [0.5, 0.6) is 0 Å². The Morgan fingerprint density at radius 1 is 1.24 bits per heavy atom. The maximum Gasteiger partial charge on any atom is 0.335 e. The summed E-state index contributed by atoms with van der Waals surface area (Å²) in [5, 5.41) is 8.87. The van der Waals surface area contributed by atoms with Crippen LogP contribution in [0.2, 0.25) is 0 Å². The van der Waals surface area contributed by atoms with Crippen molar-refractivity contribution < 1.29 is 14.7 Å². The average Bonchev–Trinajstić information content (AvgIpc) is 3.28. The molecule has 0 radical (unpaired) electrons. The molecular formula is C16H22N2O3. The highest BCUT2D eigenvalue weighted by atomic mass is 16.4. The van der Waals surface area contributed by atoms with Crippen LogP contribution in [-0.2, 0) is 6.54 Å². The quantitative estimate of drug-likeness (QED) is 0.876. The van der Waals surface area contributed by atoms with Gasteiger partial charge in [-0.3, -0.25) is 0 Å². The van der Waals surface area contributed by atoms with E-state index in [4.69, 9.17) is 5.11 Å². The van der Waals surface area contributed by atoms with E-state index in [1.54, 1.807) is 36.2 Å². The molecule has 0 aliphatic heterocycles. The second-order valence-corrected chi connectivity index (χ2v) is 5.62.